The molecule has 0 bridgehead atoms. The number of hydrogen-bond donors (Lipinski definition) is 2. The molecule has 0 aliphatic heterocycles. The second-order valence-corrected chi connectivity index (χ2v) is 5.96. The summed E-state index contributed by atoms with van der Waals surface area (Å²) < 4.78 is 5.07. The van der Waals surface area contributed by atoms with Crippen molar-refractivity contribution in [3.8, 4) is 0 Å². The Kier molecular flexibility index (Phi) is 6.20. The Hall–Kier alpha value is -0.350. The van der Waals surface area contributed by atoms with Gasteiger partial charge in [0.05, 0.1) is 6.61 Å². The largest absolute Gasteiger partial charge is 0.383 e. The van der Waals surface area contributed by atoms with Crippen molar-refractivity contribution >= 4 is 17.3 Å². The first-order valence-corrected chi connectivity index (χ1v) is 7.00. The van der Waals surface area contributed by atoms with Crippen LogP contribution in [0.25, 0.3) is 0 Å². The number of nitrogens with one attached hydrogen (secondary N) is 2. The Morgan fingerprint density at radius 1 is 1.35 bits per heavy atom. The summed E-state index contributed by atoms with van der Waals surface area (Å²) in [5.41, 5.74) is 0.425. The highest BCUT2D eigenvalue weighted by molar-refractivity contribution is 7.80. The van der Waals surface area contributed by atoms with Crippen molar-refractivity contribution in [1.29, 1.82) is 0 Å². The summed E-state index contributed by atoms with van der Waals surface area (Å²) in [6, 6.07) is 0.263. The smallest absolute Gasteiger partial charge is 0.166 e. The fraction of sp³-hybridized carbons (Fsp3) is 0.923. The fourth-order valence-electron chi connectivity index (χ4n) is 2.44. The Morgan fingerprint density at radius 3 is 2.59 bits per heavy atom. The van der Waals surface area contributed by atoms with Gasteiger partial charge in [-0.3, -0.25) is 0 Å². The van der Waals surface area contributed by atoms with Crippen LogP contribution in [-0.2, 0) is 4.74 Å². The van der Waals surface area contributed by atoms with Crippen molar-refractivity contribution in [2.45, 2.75) is 52.0 Å². The maximum Gasteiger partial charge on any atom is 0.166 e. The molecule has 0 spiro atoms. The van der Waals surface area contributed by atoms with Gasteiger partial charge in [0.1, 0.15) is 0 Å². The molecule has 0 heterocycles. The summed E-state index contributed by atoms with van der Waals surface area (Å²) >= 11 is 5.28. The van der Waals surface area contributed by atoms with E-state index in [-0.39, 0.29) is 6.04 Å². The van der Waals surface area contributed by atoms with Gasteiger partial charge in [-0.25, -0.2) is 0 Å². The minimum Gasteiger partial charge on any atom is -0.383 e. The van der Waals surface area contributed by atoms with Crippen LogP contribution in [0.2, 0.25) is 0 Å². The molecule has 1 aliphatic rings. The lowest BCUT2D eigenvalue weighted by atomic mass is 9.76. The maximum absolute atomic E-state index is 5.28. The van der Waals surface area contributed by atoms with E-state index in [1.165, 1.54) is 32.1 Å². The lowest BCUT2D eigenvalue weighted by Gasteiger charge is -2.34. The molecular weight excluding hydrogens is 232 g/mol. The SMILES string of the molecule is COCC(C)NC(=S)NCC1(C)CCCCC1. The second-order valence-electron chi connectivity index (χ2n) is 5.55. The molecule has 0 aromatic rings. The molecule has 4 heteroatoms. The van der Waals surface area contributed by atoms with Gasteiger partial charge in [-0.15, -0.1) is 0 Å². The van der Waals surface area contributed by atoms with Gasteiger partial charge in [0.2, 0.25) is 0 Å². The van der Waals surface area contributed by atoms with E-state index in [1.807, 2.05) is 0 Å². The lowest BCUT2D eigenvalue weighted by Crippen LogP contribution is -2.46. The average molecular weight is 258 g/mol. The molecule has 100 valence electrons. The Balaban J connectivity index is 2.22. The molecule has 0 saturated heterocycles. The molecule has 0 aromatic carbocycles. The third kappa shape index (κ3) is 5.68. The van der Waals surface area contributed by atoms with Crippen LogP contribution in [0.3, 0.4) is 0 Å². The third-order valence-corrected chi connectivity index (χ3v) is 3.79. The highest BCUT2D eigenvalue weighted by Gasteiger charge is 2.26. The van der Waals surface area contributed by atoms with Crippen LogP contribution < -0.4 is 10.6 Å². The van der Waals surface area contributed by atoms with E-state index in [0.717, 1.165) is 11.7 Å². The molecule has 3 nitrogen and oxygen atoms in total. The van der Waals surface area contributed by atoms with E-state index >= 15 is 0 Å². The van der Waals surface area contributed by atoms with Gasteiger partial charge < -0.3 is 15.4 Å². The molecule has 0 aromatic heterocycles. The van der Waals surface area contributed by atoms with E-state index in [0.29, 0.717) is 12.0 Å². The zero-order chi connectivity index (χ0) is 12.7. The normalized spacial score (nSPS) is 20.6. The summed E-state index contributed by atoms with van der Waals surface area (Å²) in [5, 5.41) is 7.33. The summed E-state index contributed by atoms with van der Waals surface area (Å²) in [6.45, 7) is 6.10. The van der Waals surface area contributed by atoms with E-state index < -0.39 is 0 Å². The van der Waals surface area contributed by atoms with Crippen molar-refractivity contribution in [2.24, 2.45) is 5.41 Å². The molecule has 17 heavy (non-hydrogen) atoms. The van der Waals surface area contributed by atoms with E-state index in [9.17, 15) is 0 Å². The van der Waals surface area contributed by atoms with Crippen molar-refractivity contribution < 1.29 is 4.74 Å². The van der Waals surface area contributed by atoms with Gasteiger partial charge in [-0.2, -0.15) is 0 Å². The van der Waals surface area contributed by atoms with Gasteiger partial charge >= 0.3 is 0 Å². The molecule has 1 rings (SSSR count). The predicted molar refractivity (Wildman–Crippen MR) is 76.3 cm³/mol. The summed E-state index contributed by atoms with van der Waals surface area (Å²) in [4.78, 5) is 0. The molecule has 0 radical (unpaired) electrons. The van der Waals surface area contributed by atoms with Gasteiger partial charge in [-0.1, -0.05) is 26.2 Å². The summed E-state index contributed by atoms with van der Waals surface area (Å²) in [6.07, 6.45) is 6.74. The topological polar surface area (TPSA) is 33.3 Å². The predicted octanol–water partition coefficient (Wildman–Crippen LogP) is 2.46. The third-order valence-electron chi connectivity index (χ3n) is 3.53. The van der Waals surface area contributed by atoms with Crippen molar-refractivity contribution in [1.82, 2.24) is 10.6 Å². The standard InChI is InChI=1S/C13H26N2OS/c1-11(9-16-3)15-12(17)14-10-13(2)7-5-4-6-8-13/h11H,4-10H2,1-3H3,(H2,14,15,17). The first kappa shape index (κ1) is 14.7. The van der Waals surface area contributed by atoms with Gasteiger partial charge in [-0.05, 0) is 37.4 Å². The Labute approximate surface area is 111 Å². The summed E-state index contributed by atoms with van der Waals surface area (Å²) in [7, 11) is 1.71. The Morgan fingerprint density at radius 2 is 2.00 bits per heavy atom. The Bertz CT molecular complexity index is 240. The molecule has 0 amide bonds. The quantitative estimate of drug-likeness (QED) is 0.742. The molecule has 1 saturated carbocycles. The number of hydrogen-bond acceptors (Lipinski definition) is 2. The number of methoxy groups -OCH3 is 1. The molecule has 1 aliphatic carbocycles. The van der Waals surface area contributed by atoms with Crippen LogP contribution in [0.15, 0.2) is 0 Å². The highest BCUT2D eigenvalue weighted by atomic mass is 32.1. The van der Waals surface area contributed by atoms with Crippen LogP contribution in [0.1, 0.15) is 46.0 Å². The van der Waals surface area contributed by atoms with Crippen LogP contribution in [0, 0.1) is 5.41 Å². The van der Waals surface area contributed by atoms with Crippen molar-refractivity contribution in [2.75, 3.05) is 20.3 Å². The van der Waals surface area contributed by atoms with Gasteiger partial charge in [0.25, 0.3) is 0 Å². The molecule has 2 N–H and O–H groups in total. The number of ether oxygens (including phenoxy) is 1. The zero-order valence-corrected chi connectivity index (χ0v) is 12.2. The van der Waals surface area contributed by atoms with Crippen molar-refractivity contribution in [3.05, 3.63) is 0 Å². The zero-order valence-electron chi connectivity index (χ0n) is 11.3. The van der Waals surface area contributed by atoms with E-state index in [2.05, 4.69) is 24.5 Å². The van der Waals surface area contributed by atoms with Crippen molar-refractivity contribution in [3.63, 3.8) is 0 Å². The molecular formula is C13H26N2OS. The maximum atomic E-state index is 5.28. The van der Waals surface area contributed by atoms with E-state index in [4.69, 9.17) is 17.0 Å². The first-order valence-electron chi connectivity index (χ1n) is 6.59. The first-order chi connectivity index (χ1) is 8.06. The number of thiocarbonyl (C=S) groups is 1. The minimum absolute atomic E-state index is 0.263. The fourth-order valence-corrected chi connectivity index (χ4v) is 2.72. The minimum atomic E-state index is 0.263. The van der Waals surface area contributed by atoms with Crippen LogP contribution in [0.5, 0.6) is 0 Å². The highest BCUT2D eigenvalue weighted by Crippen LogP contribution is 2.34. The second kappa shape index (κ2) is 7.17. The van der Waals surface area contributed by atoms with E-state index in [1.54, 1.807) is 7.11 Å². The van der Waals surface area contributed by atoms with Crippen LogP contribution in [0.4, 0.5) is 0 Å². The monoisotopic (exact) mass is 258 g/mol. The average Bonchev–Trinajstić information content (AvgIpc) is 2.28. The van der Waals surface area contributed by atoms with Crippen LogP contribution in [-0.4, -0.2) is 31.4 Å². The van der Waals surface area contributed by atoms with Gasteiger partial charge in [0, 0.05) is 19.7 Å². The molecule has 1 atom stereocenters. The molecule has 1 unspecified atom stereocenters. The lowest BCUT2D eigenvalue weighted by molar-refractivity contribution is 0.178. The van der Waals surface area contributed by atoms with Gasteiger partial charge in [0.15, 0.2) is 5.11 Å². The van der Waals surface area contributed by atoms with Crippen LogP contribution >= 0.6 is 12.2 Å². The number of rotatable bonds is 5. The summed E-state index contributed by atoms with van der Waals surface area (Å²) in [5.74, 6) is 0. The molecule has 1 fully saturated rings.